The fourth-order valence-corrected chi connectivity index (χ4v) is 2.05. The Bertz CT molecular complexity index is 495. The summed E-state index contributed by atoms with van der Waals surface area (Å²) in [4.78, 5) is 15.7. The summed E-state index contributed by atoms with van der Waals surface area (Å²) in [6.07, 6.45) is 5.87. The Morgan fingerprint density at radius 2 is 2.29 bits per heavy atom. The molecule has 17 heavy (non-hydrogen) atoms. The van der Waals surface area contributed by atoms with Crippen molar-refractivity contribution in [3.63, 3.8) is 0 Å². The van der Waals surface area contributed by atoms with Crippen molar-refractivity contribution in [1.82, 2.24) is 4.98 Å². The molecule has 1 heterocycles. The molecule has 0 fully saturated rings. The van der Waals surface area contributed by atoms with Crippen LogP contribution in [0.2, 0.25) is 0 Å². The minimum atomic E-state index is -0.720. The number of primary amides is 1. The van der Waals surface area contributed by atoms with Crippen molar-refractivity contribution in [3.05, 3.63) is 54.1 Å². The summed E-state index contributed by atoms with van der Waals surface area (Å²) in [6, 6.07) is 5.42. The maximum absolute atomic E-state index is 13.2. The second-order valence-corrected chi connectivity index (χ2v) is 4.26. The largest absolute Gasteiger partial charge is 0.369 e. The molecule has 0 aliphatic heterocycles. The van der Waals surface area contributed by atoms with E-state index in [1.165, 1.54) is 12.2 Å². The van der Waals surface area contributed by atoms with Gasteiger partial charge in [-0.3, -0.25) is 9.78 Å². The number of pyridine rings is 1. The van der Waals surface area contributed by atoms with Gasteiger partial charge >= 0.3 is 0 Å². The molecule has 1 aromatic heterocycles. The van der Waals surface area contributed by atoms with E-state index in [-0.39, 0.29) is 0 Å². The number of hydrogen-bond acceptors (Lipinski definition) is 2. The van der Waals surface area contributed by atoms with Gasteiger partial charge in [0.05, 0.1) is 11.6 Å². The summed E-state index contributed by atoms with van der Waals surface area (Å²) in [5.41, 5.74) is 5.34. The third-order valence-electron chi connectivity index (χ3n) is 3.08. The lowest BCUT2D eigenvalue weighted by molar-refractivity contribution is -0.121. The van der Waals surface area contributed by atoms with E-state index in [1.54, 1.807) is 24.4 Å². The first-order valence-corrected chi connectivity index (χ1v) is 5.31. The van der Waals surface area contributed by atoms with Crippen LogP contribution in [0.4, 0.5) is 4.39 Å². The van der Waals surface area contributed by atoms with E-state index in [1.807, 2.05) is 13.0 Å². The highest BCUT2D eigenvalue weighted by molar-refractivity contribution is 5.81. The van der Waals surface area contributed by atoms with Gasteiger partial charge in [0.15, 0.2) is 0 Å². The molecule has 0 spiro atoms. The Kier molecular flexibility index (Phi) is 2.79. The van der Waals surface area contributed by atoms with Crippen molar-refractivity contribution >= 4 is 5.91 Å². The number of halogens is 1. The summed E-state index contributed by atoms with van der Waals surface area (Å²) in [5, 5.41) is 0. The second-order valence-electron chi connectivity index (χ2n) is 4.26. The Labute approximate surface area is 98.9 Å². The van der Waals surface area contributed by atoms with E-state index < -0.39 is 23.1 Å². The molecule has 1 aliphatic carbocycles. The molecule has 0 saturated heterocycles. The van der Waals surface area contributed by atoms with Gasteiger partial charge in [0.25, 0.3) is 0 Å². The van der Waals surface area contributed by atoms with Gasteiger partial charge in [0.2, 0.25) is 5.91 Å². The van der Waals surface area contributed by atoms with E-state index in [0.29, 0.717) is 5.69 Å². The Morgan fingerprint density at radius 3 is 2.88 bits per heavy atom. The standard InChI is InChI=1S/C13H13FN2O/c1-13(11-4-2-3-7-16-11)6-5-9(14)8-10(13)12(15)17/h2-8,10H,1H3,(H2,15,17). The maximum atomic E-state index is 13.2. The van der Waals surface area contributed by atoms with Crippen LogP contribution in [0.1, 0.15) is 12.6 Å². The average Bonchev–Trinajstić information content (AvgIpc) is 2.33. The molecule has 1 aromatic rings. The van der Waals surface area contributed by atoms with Crippen LogP contribution in [0.25, 0.3) is 0 Å². The Hall–Kier alpha value is -1.97. The molecule has 2 rings (SSSR count). The molecule has 0 aromatic carbocycles. The zero-order valence-corrected chi connectivity index (χ0v) is 9.43. The summed E-state index contributed by atoms with van der Waals surface area (Å²) in [7, 11) is 0. The summed E-state index contributed by atoms with van der Waals surface area (Å²) in [5.74, 6) is -1.72. The minimum absolute atomic E-state index is 0.442. The maximum Gasteiger partial charge on any atom is 0.225 e. The molecule has 0 bridgehead atoms. The first kappa shape index (κ1) is 11.5. The normalized spacial score (nSPS) is 27.6. The number of carbonyl (C=O) groups excluding carboxylic acids is 1. The van der Waals surface area contributed by atoms with Gasteiger partial charge in [-0.25, -0.2) is 4.39 Å². The summed E-state index contributed by atoms with van der Waals surface area (Å²) < 4.78 is 13.2. The monoisotopic (exact) mass is 232 g/mol. The van der Waals surface area contributed by atoms with Crippen LogP contribution in [-0.2, 0) is 10.2 Å². The quantitative estimate of drug-likeness (QED) is 0.846. The molecule has 4 heteroatoms. The fraction of sp³-hybridized carbons (Fsp3) is 0.231. The highest BCUT2D eigenvalue weighted by atomic mass is 19.1. The Morgan fingerprint density at radius 1 is 1.53 bits per heavy atom. The van der Waals surface area contributed by atoms with Crippen molar-refractivity contribution in [3.8, 4) is 0 Å². The molecule has 1 amide bonds. The highest BCUT2D eigenvalue weighted by Gasteiger charge is 2.39. The third-order valence-corrected chi connectivity index (χ3v) is 3.08. The van der Waals surface area contributed by atoms with Crippen molar-refractivity contribution < 1.29 is 9.18 Å². The molecule has 2 N–H and O–H groups in total. The van der Waals surface area contributed by atoms with E-state index >= 15 is 0 Å². The topological polar surface area (TPSA) is 56.0 Å². The molecular formula is C13H13FN2O. The first-order valence-electron chi connectivity index (χ1n) is 5.31. The van der Waals surface area contributed by atoms with Crippen LogP contribution < -0.4 is 5.73 Å². The zero-order chi connectivity index (χ0) is 12.5. The minimum Gasteiger partial charge on any atom is -0.369 e. The molecule has 2 atom stereocenters. The van der Waals surface area contributed by atoms with Crippen LogP contribution in [0.3, 0.4) is 0 Å². The number of nitrogens with two attached hydrogens (primary N) is 1. The van der Waals surface area contributed by atoms with Crippen molar-refractivity contribution in [2.75, 3.05) is 0 Å². The molecule has 3 nitrogen and oxygen atoms in total. The van der Waals surface area contributed by atoms with Crippen LogP contribution in [0.5, 0.6) is 0 Å². The van der Waals surface area contributed by atoms with Crippen LogP contribution >= 0.6 is 0 Å². The number of allylic oxidation sites excluding steroid dienone is 3. The molecule has 0 radical (unpaired) electrons. The van der Waals surface area contributed by atoms with E-state index in [9.17, 15) is 9.18 Å². The van der Waals surface area contributed by atoms with E-state index in [0.717, 1.165) is 0 Å². The van der Waals surface area contributed by atoms with Crippen molar-refractivity contribution in [2.45, 2.75) is 12.3 Å². The molecular weight excluding hydrogens is 219 g/mol. The fourth-order valence-electron chi connectivity index (χ4n) is 2.05. The van der Waals surface area contributed by atoms with Crippen molar-refractivity contribution in [1.29, 1.82) is 0 Å². The lowest BCUT2D eigenvalue weighted by atomic mass is 9.71. The van der Waals surface area contributed by atoms with E-state index in [4.69, 9.17) is 5.73 Å². The van der Waals surface area contributed by atoms with Gasteiger partial charge in [-0.05, 0) is 31.2 Å². The first-order chi connectivity index (χ1) is 8.04. The molecule has 0 saturated carbocycles. The lowest BCUT2D eigenvalue weighted by Gasteiger charge is -2.32. The number of rotatable bonds is 2. The molecule has 2 unspecified atom stereocenters. The smallest absolute Gasteiger partial charge is 0.225 e. The number of nitrogens with zero attached hydrogens (tertiary/aromatic N) is 1. The average molecular weight is 232 g/mol. The molecule has 88 valence electrons. The van der Waals surface area contributed by atoms with Crippen LogP contribution in [0, 0.1) is 5.92 Å². The zero-order valence-electron chi connectivity index (χ0n) is 9.43. The number of hydrogen-bond donors (Lipinski definition) is 1. The second kappa shape index (κ2) is 4.13. The van der Waals surface area contributed by atoms with Gasteiger partial charge in [-0.1, -0.05) is 12.1 Å². The van der Waals surface area contributed by atoms with E-state index in [2.05, 4.69) is 4.98 Å². The lowest BCUT2D eigenvalue weighted by Crippen LogP contribution is -2.40. The predicted molar refractivity (Wildman–Crippen MR) is 62.6 cm³/mol. The van der Waals surface area contributed by atoms with Gasteiger partial charge in [0.1, 0.15) is 5.83 Å². The van der Waals surface area contributed by atoms with Crippen molar-refractivity contribution in [2.24, 2.45) is 11.7 Å². The van der Waals surface area contributed by atoms with Crippen LogP contribution in [-0.4, -0.2) is 10.9 Å². The molecule has 1 aliphatic rings. The summed E-state index contributed by atoms with van der Waals surface area (Å²) in [6.45, 7) is 1.82. The van der Waals surface area contributed by atoms with Gasteiger partial charge in [-0.2, -0.15) is 0 Å². The highest BCUT2D eigenvalue weighted by Crippen LogP contribution is 2.37. The predicted octanol–water partition coefficient (Wildman–Crippen LogP) is 1.86. The van der Waals surface area contributed by atoms with Gasteiger partial charge in [-0.15, -0.1) is 0 Å². The van der Waals surface area contributed by atoms with Gasteiger partial charge in [0, 0.05) is 11.6 Å². The summed E-state index contributed by atoms with van der Waals surface area (Å²) >= 11 is 0. The van der Waals surface area contributed by atoms with Crippen LogP contribution in [0.15, 0.2) is 48.5 Å². The number of amides is 1. The number of aromatic nitrogens is 1. The number of carbonyl (C=O) groups is 1. The van der Waals surface area contributed by atoms with Gasteiger partial charge < -0.3 is 5.73 Å². The third kappa shape index (κ3) is 1.98. The SMILES string of the molecule is CC1(c2ccccn2)C=CC(F)=CC1C(N)=O. The Balaban J connectivity index is 2.49.